The summed E-state index contributed by atoms with van der Waals surface area (Å²) in [6.45, 7) is 6.77. The lowest BCUT2D eigenvalue weighted by atomic mass is 10.3. The molecule has 0 saturated carbocycles. The van der Waals surface area contributed by atoms with Crippen molar-refractivity contribution in [3.8, 4) is 0 Å². The van der Waals surface area contributed by atoms with Gasteiger partial charge in [0.15, 0.2) is 5.82 Å². The molecule has 58 valence electrons. The molecule has 0 N–H and O–H groups in total. The topological polar surface area (TPSA) is 25.8 Å². The number of hydrogen-bond donors (Lipinski definition) is 0. The standard InChI is InChI=1S/C8H9FN2/c1-4-7-8(9)5(2)10-6(3)11-7/h4H,1H2,2-3H3. The van der Waals surface area contributed by atoms with Crippen molar-refractivity contribution in [3.63, 3.8) is 0 Å². The van der Waals surface area contributed by atoms with Gasteiger partial charge in [-0.3, -0.25) is 0 Å². The van der Waals surface area contributed by atoms with Crippen LogP contribution in [0, 0.1) is 19.7 Å². The molecule has 1 aromatic heterocycles. The summed E-state index contributed by atoms with van der Waals surface area (Å²) in [6.07, 6.45) is 1.39. The summed E-state index contributed by atoms with van der Waals surface area (Å²) >= 11 is 0. The lowest BCUT2D eigenvalue weighted by Gasteiger charge is -2.00. The van der Waals surface area contributed by atoms with Gasteiger partial charge in [0.05, 0.1) is 5.69 Å². The molecule has 0 unspecified atom stereocenters. The maximum absolute atomic E-state index is 13.0. The van der Waals surface area contributed by atoms with Crippen LogP contribution >= 0.6 is 0 Å². The van der Waals surface area contributed by atoms with Crippen LogP contribution in [0.5, 0.6) is 0 Å². The van der Waals surface area contributed by atoms with Gasteiger partial charge >= 0.3 is 0 Å². The Balaban J connectivity index is 3.35. The highest BCUT2D eigenvalue weighted by molar-refractivity contribution is 5.42. The molecular formula is C8H9FN2. The van der Waals surface area contributed by atoms with Gasteiger partial charge < -0.3 is 0 Å². The molecule has 0 fully saturated rings. The van der Waals surface area contributed by atoms with Crippen LogP contribution in [0.1, 0.15) is 17.2 Å². The summed E-state index contributed by atoms with van der Waals surface area (Å²) in [4.78, 5) is 7.70. The van der Waals surface area contributed by atoms with Gasteiger partial charge in [-0.2, -0.15) is 0 Å². The SMILES string of the molecule is C=Cc1nc(C)nc(C)c1F. The summed E-state index contributed by atoms with van der Waals surface area (Å²) < 4.78 is 13.0. The van der Waals surface area contributed by atoms with E-state index in [1.807, 2.05) is 0 Å². The molecule has 0 atom stereocenters. The first-order chi connectivity index (χ1) is 5.15. The highest BCUT2D eigenvalue weighted by atomic mass is 19.1. The minimum atomic E-state index is -0.384. The minimum absolute atomic E-state index is 0.273. The third kappa shape index (κ3) is 1.42. The molecule has 1 aromatic rings. The van der Waals surface area contributed by atoms with E-state index in [2.05, 4.69) is 16.5 Å². The first-order valence-electron chi connectivity index (χ1n) is 3.28. The average Bonchev–Trinajstić information content (AvgIpc) is 1.96. The Morgan fingerprint density at radius 2 is 2.00 bits per heavy atom. The predicted molar refractivity (Wildman–Crippen MR) is 41.6 cm³/mol. The van der Waals surface area contributed by atoms with Crippen LogP contribution in [0.4, 0.5) is 4.39 Å². The zero-order chi connectivity index (χ0) is 8.43. The van der Waals surface area contributed by atoms with Crippen LogP contribution < -0.4 is 0 Å². The minimum Gasteiger partial charge on any atom is -0.235 e. The van der Waals surface area contributed by atoms with E-state index in [0.29, 0.717) is 11.5 Å². The van der Waals surface area contributed by atoms with Gasteiger partial charge in [0.25, 0.3) is 0 Å². The highest BCUT2D eigenvalue weighted by Gasteiger charge is 2.05. The molecule has 0 aromatic carbocycles. The number of halogens is 1. The van der Waals surface area contributed by atoms with Crippen LogP contribution in [-0.4, -0.2) is 9.97 Å². The van der Waals surface area contributed by atoms with E-state index in [-0.39, 0.29) is 11.5 Å². The third-order valence-electron chi connectivity index (χ3n) is 1.35. The third-order valence-corrected chi connectivity index (χ3v) is 1.35. The van der Waals surface area contributed by atoms with Gasteiger partial charge in [0.1, 0.15) is 11.5 Å². The second-order valence-corrected chi connectivity index (χ2v) is 2.26. The molecule has 0 radical (unpaired) electrons. The summed E-state index contributed by atoms with van der Waals surface area (Å²) in [5, 5.41) is 0. The summed E-state index contributed by atoms with van der Waals surface area (Å²) in [7, 11) is 0. The number of aryl methyl sites for hydroxylation is 2. The fourth-order valence-corrected chi connectivity index (χ4v) is 0.861. The van der Waals surface area contributed by atoms with Crippen LogP contribution in [0.2, 0.25) is 0 Å². The van der Waals surface area contributed by atoms with E-state index < -0.39 is 0 Å². The monoisotopic (exact) mass is 152 g/mol. The first-order valence-corrected chi connectivity index (χ1v) is 3.28. The van der Waals surface area contributed by atoms with Crippen molar-refractivity contribution in [3.05, 3.63) is 29.6 Å². The molecule has 0 bridgehead atoms. The molecule has 0 aliphatic heterocycles. The van der Waals surface area contributed by atoms with E-state index in [0.717, 1.165) is 0 Å². The highest BCUT2D eigenvalue weighted by Crippen LogP contribution is 2.08. The van der Waals surface area contributed by atoms with Crippen LogP contribution in [0.25, 0.3) is 6.08 Å². The van der Waals surface area contributed by atoms with E-state index in [1.165, 1.54) is 6.08 Å². The zero-order valence-corrected chi connectivity index (χ0v) is 6.56. The average molecular weight is 152 g/mol. The Morgan fingerprint density at radius 3 is 2.55 bits per heavy atom. The summed E-state index contributed by atoms with van der Waals surface area (Å²) in [6, 6.07) is 0. The van der Waals surface area contributed by atoms with Gasteiger partial charge in [-0.05, 0) is 19.9 Å². The van der Waals surface area contributed by atoms with Gasteiger partial charge in [-0.25, -0.2) is 14.4 Å². The van der Waals surface area contributed by atoms with E-state index in [1.54, 1.807) is 13.8 Å². The lowest BCUT2D eigenvalue weighted by molar-refractivity contribution is 0.595. The quantitative estimate of drug-likeness (QED) is 0.614. The van der Waals surface area contributed by atoms with Crippen molar-refractivity contribution in [2.75, 3.05) is 0 Å². The second-order valence-electron chi connectivity index (χ2n) is 2.26. The molecule has 3 heteroatoms. The van der Waals surface area contributed by atoms with E-state index in [4.69, 9.17) is 0 Å². The van der Waals surface area contributed by atoms with Crippen molar-refractivity contribution in [1.82, 2.24) is 9.97 Å². The Bertz CT molecular complexity index is 294. The Kier molecular flexibility index (Phi) is 1.98. The number of hydrogen-bond acceptors (Lipinski definition) is 2. The Labute approximate surface area is 64.8 Å². The normalized spacial score (nSPS) is 9.73. The van der Waals surface area contributed by atoms with Gasteiger partial charge in [0, 0.05) is 0 Å². The molecule has 1 heterocycles. The van der Waals surface area contributed by atoms with Crippen molar-refractivity contribution in [1.29, 1.82) is 0 Å². The number of aromatic nitrogens is 2. The van der Waals surface area contributed by atoms with Crippen molar-refractivity contribution < 1.29 is 4.39 Å². The predicted octanol–water partition coefficient (Wildman–Crippen LogP) is 1.88. The summed E-state index contributed by atoms with van der Waals surface area (Å²) in [5.74, 6) is 0.185. The fraction of sp³-hybridized carbons (Fsp3) is 0.250. The number of nitrogens with zero attached hydrogens (tertiary/aromatic N) is 2. The second kappa shape index (κ2) is 2.78. The summed E-state index contributed by atoms with van der Waals surface area (Å²) in [5.41, 5.74) is 0.641. The van der Waals surface area contributed by atoms with Crippen LogP contribution in [0.3, 0.4) is 0 Å². The van der Waals surface area contributed by atoms with Crippen molar-refractivity contribution >= 4 is 6.08 Å². The molecule has 1 rings (SSSR count). The molecule has 0 aliphatic rings. The molecule has 0 aliphatic carbocycles. The largest absolute Gasteiger partial charge is 0.235 e. The molecule has 0 amide bonds. The Morgan fingerprint density at radius 1 is 1.36 bits per heavy atom. The van der Waals surface area contributed by atoms with Gasteiger partial charge in [-0.15, -0.1) is 0 Å². The smallest absolute Gasteiger partial charge is 0.170 e. The molecule has 0 saturated heterocycles. The van der Waals surface area contributed by atoms with Gasteiger partial charge in [-0.1, -0.05) is 6.58 Å². The molecular weight excluding hydrogens is 143 g/mol. The maximum Gasteiger partial charge on any atom is 0.170 e. The lowest BCUT2D eigenvalue weighted by Crippen LogP contribution is -1.99. The van der Waals surface area contributed by atoms with Crippen LogP contribution in [0.15, 0.2) is 6.58 Å². The Hall–Kier alpha value is -1.25. The molecule has 2 nitrogen and oxygen atoms in total. The first kappa shape index (κ1) is 7.85. The van der Waals surface area contributed by atoms with E-state index >= 15 is 0 Å². The van der Waals surface area contributed by atoms with Crippen LogP contribution in [-0.2, 0) is 0 Å². The maximum atomic E-state index is 13.0. The van der Waals surface area contributed by atoms with Crippen molar-refractivity contribution in [2.24, 2.45) is 0 Å². The van der Waals surface area contributed by atoms with E-state index in [9.17, 15) is 4.39 Å². The molecule has 0 spiro atoms. The van der Waals surface area contributed by atoms with Gasteiger partial charge in [0.2, 0.25) is 0 Å². The van der Waals surface area contributed by atoms with Crippen molar-refractivity contribution in [2.45, 2.75) is 13.8 Å². The number of rotatable bonds is 1. The fourth-order valence-electron chi connectivity index (χ4n) is 0.861. The zero-order valence-electron chi connectivity index (χ0n) is 6.56. The molecule has 11 heavy (non-hydrogen) atoms.